The maximum atomic E-state index is 12.5. The number of methoxy groups -OCH3 is 1. The van der Waals surface area contributed by atoms with Crippen LogP contribution in [0.25, 0.3) is 0 Å². The summed E-state index contributed by atoms with van der Waals surface area (Å²) in [6.45, 7) is 8.24. The van der Waals surface area contributed by atoms with E-state index >= 15 is 0 Å². The number of carboxylic acid groups (broad SMARTS) is 1. The van der Waals surface area contributed by atoms with Gasteiger partial charge in [0, 0.05) is 17.6 Å². The molecule has 186 valence electrons. The van der Waals surface area contributed by atoms with Gasteiger partial charge in [-0.2, -0.15) is 0 Å². The lowest BCUT2D eigenvalue weighted by atomic mass is 9.52. The Hall–Kier alpha value is -2.22. The van der Waals surface area contributed by atoms with E-state index in [1.165, 1.54) is 13.2 Å². The van der Waals surface area contributed by atoms with Crippen molar-refractivity contribution in [3.63, 3.8) is 0 Å². The van der Waals surface area contributed by atoms with Crippen molar-refractivity contribution in [3.8, 4) is 0 Å². The fraction of sp³-hybridized carbons (Fsp3) is 0.630. The minimum atomic E-state index is -1.25. The van der Waals surface area contributed by atoms with Crippen molar-refractivity contribution in [2.45, 2.75) is 76.0 Å². The zero-order valence-corrected chi connectivity index (χ0v) is 20.6. The molecule has 2 heterocycles. The molecule has 3 fully saturated rings. The number of allylic oxidation sites excluding steroid dienone is 5. The molecule has 4 rings (SSSR count). The summed E-state index contributed by atoms with van der Waals surface area (Å²) in [4.78, 5) is 22.9. The number of rotatable bonds is 8. The second-order valence-corrected chi connectivity index (χ2v) is 10.4. The monoisotopic (exact) mass is 472 g/mol. The first kappa shape index (κ1) is 24.9. The van der Waals surface area contributed by atoms with Crippen molar-refractivity contribution in [2.75, 3.05) is 7.11 Å². The third kappa shape index (κ3) is 3.69. The summed E-state index contributed by atoms with van der Waals surface area (Å²) >= 11 is 0. The van der Waals surface area contributed by atoms with Gasteiger partial charge in [-0.3, -0.25) is 0 Å². The topological polar surface area (TPSA) is 109 Å². The van der Waals surface area contributed by atoms with E-state index in [1.807, 2.05) is 32.1 Å². The molecule has 0 bridgehead atoms. The Morgan fingerprint density at radius 2 is 1.88 bits per heavy atom. The Kier molecular flexibility index (Phi) is 6.42. The highest BCUT2D eigenvalue weighted by Gasteiger charge is 2.84. The number of epoxide rings is 2. The van der Waals surface area contributed by atoms with Crippen LogP contribution >= 0.6 is 0 Å². The highest BCUT2D eigenvalue weighted by Crippen LogP contribution is 2.70. The number of carbonyl (C=O) groups is 2. The molecule has 2 saturated heterocycles. The highest BCUT2D eigenvalue weighted by molar-refractivity contribution is 5.88. The van der Waals surface area contributed by atoms with Crippen molar-refractivity contribution < 1.29 is 34.0 Å². The fourth-order valence-corrected chi connectivity index (χ4v) is 6.62. The highest BCUT2D eigenvalue weighted by atomic mass is 16.7. The number of hydrogen-bond acceptors (Lipinski definition) is 6. The summed E-state index contributed by atoms with van der Waals surface area (Å²) in [7, 11) is 1.39. The van der Waals surface area contributed by atoms with E-state index in [2.05, 4.69) is 13.8 Å². The van der Waals surface area contributed by atoms with Crippen LogP contribution in [0.4, 0.5) is 0 Å². The quantitative estimate of drug-likeness (QED) is 0.240. The third-order valence-corrected chi connectivity index (χ3v) is 8.70. The average molecular weight is 473 g/mol. The zero-order chi connectivity index (χ0) is 24.9. The van der Waals surface area contributed by atoms with Crippen molar-refractivity contribution in [3.05, 3.63) is 48.1 Å². The Morgan fingerprint density at radius 3 is 2.53 bits per heavy atom. The van der Waals surface area contributed by atoms with E-state index < -0.39 is 22.8 Å². The maximum absolute atomic E-state index is 12.5. The number of ether oxygens (including phenoxy) is 3. The van der Waals surface area contributed by atoms with Crippen molar-refractivity contribution in [1.82, 2.24) is 0 Å². The normalized spacial score (nSPS) is 43.9. The number of hydrogen-bond donors (Lipinski definition) is 2. The van der Waals surface area contributed by atoms with Crippen molar-refractivity contribution >= 4 is 11.9 Å². The largest absolute Gasteiger partial charge is 0.478 e. The van der Waals surface area contributed by atoms with Crippen LogP contribution in [0.1, 0.15) is 47.0 Å². The molecule has 0 aromatic carbocycles. The molecule has 2 aliphatic carbocycles. The Morgan fingerprint density at radius 1 is 1.18 bits per heavy atom. The molecule has 0 unspecified atom stereocenters. The second-order valence-electron chi connectivity index (χ2n) is 10.4. The minimum absolute atomic E-state index is 0.0598. The number of carboxylic acids is 1. The first-order valence-corrected chi connectivity index (χ1v) is 12.1. The van der Waals surface area contributed by atoms with Crippen LogP contribution in [0.2, 0.25) is 0 Å². The summed E-state index contributed by atoms with van der Waals surface area (Å²) in [5.74, 6) is -1.14. The number of aliphatic carboxylic acids is 1. The Balaban J connectivity index is 1.70. The molecule has 0 spiro atoms. The van der Waals surface area contributed by atoms with Gasteiger partial charge < -0.3 is 24.4 Å². The van der Waals surface area contributed by atoms with E-state index in [0.717, 1.165) is 12.5 Å². The first-order valence-electron chi connectivity index (χ1n) is 12.1. The zero-order valence-electron chi connectivity index (χ0n) is 20.6. The molecule has 2 aliphatic heterocycles. The summed E-state index contributed by atoms with van der Waals surface area (Å²) in [5.41, 5.74) is -2.12. The van der Waals surface area contributed by atoms with Crippen LogP contribution in [-0.4, -0.2) is 58.3 Å². The van der Waals surface area contributed by atoms with Gasteiger partial charge in [-0.05, 0) is 44.4 Å². The predicted octanol–water partition coefficient (Wildman–Crippen LogP) is 3.59. The second kappa shape index (κ2) is 8.77. The molecule has 34 heavy (non-hydrogen) atoms. The summed E-state index contributed by atoms with van der Waals surface area (Å²) in [6.07, 6.45) is 13.7. The molecule has 1 saturated carbocycles. The van der Waals surface area contributed by atoms with Gasteiger partial charge in [-0.1, -0.05) is 56.7 Å². The molecular formula is C27H36O7. The Bertz CT molecular complexity index is 964. The summed E-state index contributed by atoms with van der Waals surface area (Å²) in [5, 5.41) is 21.3. The molecule has 0 aromatic heterocycles. The SMILES string of the molecule is CC[C@H](C)[C@@H]1O[C@@]1(C)[C@@]1(O)[C@@H](/C=C/C=C/C=C/C(=O)O)[C@@H]2CC=C(C(=O)OC)C[C@H]2[C@@H]2O[C@@]21C. The number of esters is 1. The lowest BCUT2D eigenvalue weighted by Gasteiger charge is -2.51. The molecule has 7 nitrogen and oxygen atoms in total. The van der Waals surface area contributed by atoms with Gasteiger partial charge in [-0.25, -0.2) is 9.59 Å². The van der Waals surface area contributed by atoms with Crippen LogP contribution < -0.4 is 0 Å². The molecule has 2 N–H and O–H groups in total. The maximum Gasteiger partial charge on any atom is 0.333 e. The number of fused-ring (bicyclic) bond motifs is 3. The smallest absolute Gasteiger partial charge is 0.333 e. The van der Waals surface area contributed by atoms with Gasteiger partial charge in [0.1, 0.15) is 16.8 Å². The van der Waals surface area contributed by atoms with Gasteiger partial charge in [0.05, 0.1) is 19.3 Å². The average Bonchev–Trinajstić information content (AvgIpc) is 3.71. The first-order chi connectivity index (χ1) is 16.0. The van der Waals surface area contributed by atoms with Crippen LogP contribution in [0.15, 0.2) is 48.1 Å². The van der Waals surface area contributed by atoms with E-state index in [0.29, 0.717) is 24.3 Å². The van der Waals surface area contributed by atoms with Gasteiger partial charge >= 0.3 is 11.9 Å². The van der Waals surface area contributed by atoms with Crippen LogP contribution in [-0.2, 0) is 23.8 Å². The standard InChI is InChI=1S/C27H36O7/c1-6-16(2)22-25(3,33-22)27(31)20(11-9-7-8-10-12-21(28)29)18-14-13-17(24(30)32-5)15-19(18)23-26(27,4)34-23/h7-13,16,18-20,22-23,31H,6,14-15H2,1-5H3,(H,28,29)/b8-7+,11-9+,12-10+/t16-,18+,19+,20-,22-,23-,25+,26-,27-/m0/s1. The van der Waals surface area contributed by atoms with Crippen molar-refractivity contribution in [2.24, 2.45) is 23.7 Å². The van der Waals surface area contributed by atoms with E-state index in [9.17, 15) is 14.7 Å². The lowest BCUT2D eigenvalue weighted by Crippen LogP contribution is -2.67. The van der Waals surface area contributed by atoms with Crippen LogP contribution in [0, 0.1) is 23.7 Å². The minimum Gasteiger partial charge on any atom is -0.478 e. The molecule has 4 aliphatic rings. The van der Waals surface area contributed by atoms with Crippen LogP contribution in [0.5, 0.6) is 0 Å². The van der Waals surface area contributed by atoms with Crippen molar-refractivity contribution in [1.29, 1.82) is 0 Å². The van der Waals surface area contributed by atoms with Gasteiger partial charge in [0.25, 0.3) is 0 Å². The molecular weight excluding hydrogens is 436 g/mol. The molecule has 0 amide bonds. The molecule has 7 heteroatoms. The summed E-state index contributed by atoms with van der Waals surface area (Å²) in [6, 6.07) is 0. The van der Waals surface area contributed by atoms with E-state index in [1.54, 1.807) is 12.2 Å². The van der Waals surface area contributed by atoms with Gasteiger partial charge in [0.15, 0.2) is 0 Å². The predicted molar refractivity (Wildman–Crippen MR) is 126 cm³/mol. The summed E-state index contributed by atoms with van der Waals surface area (Å²) < 4.78 is 17.5. The fourth-order valence-electron chi connectivity index (χ4n) is 6.62. The number of carbonyl (C=O) groups excluding carboxylic acids is 1. The number of aliphatic hydroxyl groups is 1. The third-order valence-electron chi connectivity index (χ3n) is 8.70. The van der Waals surface area contributed by atoms with E-state index in [4.69, 9.17) is 19.3 Å². The Labute approximate surface area is 201 Å². The lowest BCUT2D eigenvalue weighted by molar-refractivity contribution is -0.145. The molecule has 0 aromatic rings. The van der Waals surface area contributed by atoms with Crippen LogP contribution in [0.3, 0.4) is 0 Å². The van der Waals surface area contributed by atoms with Gasteiger partial charge in [0.2, 0.25) is 0 Å². The van der Waals surface area contributed by atoms with Gasteiger partial charge in [-0.15, -0.1) is 0 Å². The van der Waals surface area contributed by atoms with E-state index in [-0.39, 0.29) is 35.9 Å². The molecule has 0 radical (unpaired) electrons. The molecule has 9 atom stereocenters.